The highest BCUT2D eigenvalue weighted by Gasteiger charge is 2.35. The Labute approximate surface area is 154 Å². The first kappa shape index (κ1) is 18.3. The molecule has 1 aliphatic carbocycles. The zero-order chi connectivity index (χ0) is 18.7. The van der Waals surface area contributed by atoms with Crippen LogP contribution in [0, 0.1) is 5.92 Å². The minimum Gasteiger partial charge on any atom is -0.467 e. The molecule has 2 heterocycles. The van der Waals surface area contributed by atoms with Gasteiger partial charge in [0.05, 0.1) is 19.4 Å². The van der Waals surface area contributed by atoms with Gasteiger partial charge in [0.15, 0.2) is 0 Å². The molecule has 0 aliphatic heterocycles. The molecule has 1 aliphatic rings. The molecule has 0 aromatic carbocycles. The van der Waals surface area contributed by atoms with Gasteiger partial charge >= 0.3 is 0 Å². The molecular weight excluding hydrogens is 330 g/mol. The van der Waals surface area contributed by atoms with E-state index in [9.17, 15) is 9.59 Å². The van der Waals surface area contributed by atoms with Crippen LogP contribution in [-0.4, -0.2) is 38.8 Å². The summed E-state index contributed by atoms with van der Waals surface area (Å²) in [5.74, 6) is 0.636. The van der Waals surface area contributed by atoms with Crippen molar-refractivity contribution in [3.63, 3.8) is 0 Å². The van der Waals surface area contributed by atoms with Crippen molar-refractivity contribution in [3.8, 4) is 0 Å². The van der Waals surface area contributed by atoms with Crippen molar-refractivity contribution in [1.82, 2.24) is 14.4 Å². The first-order valence-electron chi connectivity index (χ1n) is 9.16. The monoisotopic (exact) mass is 357 g/mol. The highest BCUT2D eigenvalue weighted by atomic mass is 16.3. The number of amides is 2. The SMILES string of the molecule is CC(C)C(=O)N(CC(=O)N(Cc1ccco1)Cc1cccn1C)C1CC1. The molecule has 2 aromatic rings. The van der Waals surface area contributed by atoms with Gasteiger partial charge in [0, 0.05) is 30.9 Å². The van der Waals surface area contributed by atoms with E-state index in [1.54, 1.807) is 16.1 Å². The van der Waals surface area contributed by atoms with Crippen LogP contribution in [0.1, 0.15) is 38.1 Å². The summed E-state index contributed by atoms with van der Waals surface area (Å²) in [4.78, 5) is 29.1. The van der Waals surface area contributed by atoms with Gasteiger partial charge < -0.3 is 18.8 Å². The Morgan fingerprint density at radius 1 is 1.23 bits per heavy atom. The number of furan rings is 1. The zero-order valence-corrected chi connectivity index (χ0v) is 15.7. The third-order valence-corrected chi connectivity index (χ3v) is 4.75. The van der Waals surface area contributed by atoms with E-state index < -0.39 is 0 Å². The first-order chi connectivity index (χ1) is 12.5. The molecule has 6 nitrogen and oxygen atoms in total. The van der Waals surface area contributed by atoms with Crippen molar-refractivity contribution >= 4 is 11.8 Å². The van der Waals surface area contributed by atoms with Crippen LogP contribution in [0.25, 0.3) is 0 Å². The zero-order valence-electron chi connectivity index (χ0n) is 15.7. The largest absolute Gasteiger partial charge is 0.467 e. The van der Waals surface area contributed by atoms with Gasteiger partial charge in [-0.2, -0.15) is 0 Å². The molecule has 1 saturated carbocycles. The fourth-order valence-corrected chi connectivity index (χ4v) is 3.03. The van der Waals surface area contributed by atoms with Gasteiger partial charge in [0.2, 0.25) is 11.8 Å². The van der Waals surface area contributed by atoms with E-state index in [0.29, 0.717) is 13.1 Å². The second-order valence-corrected chi connectivity index (χ2v) is 7.29. The van der Waals surface area contributed by atoms with Gasteiger partial charge in [-0.05, 0) is 37.1 Å². The smallest absolute Gasteiger partial charge is 0.242 e. The standard InChI is InChI=1S/C20H27N3O3/c1-15(2)20(25)23(16-8-9-16)14-19(24)22(13-18-7-5-11-26-18)12-17-6-4-10-21(17)3/h4-7,10-11,15-16H,8-9,12-14H2,1-3H3. The molecule has 0 spiro atoms. The molecule has 140 valence electrons. The normalized spacial score (nSPS) is 13.8. The van der Waals surface area contributed by atoms with Gasteiger partial charge in [-0.25, -0.2) is 0 Å². The predicted molar refractivity (Wildman–Crippen MR) is 97.9 cm³/mol. The quantitative estimate of drug-likeness (QED) is 0.730. The summed E-state index contributed by atoms with van der Waals surface area (Å²) in [6.45, 7) is 4.77. The number of carbonyl (C=O) groups is 2. The summed E-state index contributed by atoms with van der Waals surface area (Å²) < 4.78 is 7.43. The van der Waals surface area contributed by atoms with Gasteiger partial charge in [0.25, 0.3) is 0 Å². The maximum atomic E-state index is 13.1. The summed E-state index contributed by atoms with van der Waals surface area (Å²) in [5, 5.41) is 0. The molecule has 0 atom stereocenters. The van der Waals surface area contributed by atoms with E-state index in [4.69, 9.17) is 4.42 Å². The van der Waals surface area contributed by atoms with E-state index in [0.717, 1.165) is 24.3 Å². The molecule has 6 heteroatoms. The molecule has 3 rings (SSSR count). The van der Waals surface area contributed by atoms with Crippen LogP contribution in [0.3, 0.4) is 0 Å². The van der Waals surface area contributed by atoms with Gasteiger partial charge in [0.1, 0.15) is 12.3 Å². The number of aryl methyl sites for hydroxylation is 1. The lowest BCUT2D eigenvalue weighted by Crippen LogP contribution is -2.45. The van der Waals surface area contributed by atoms with Gasteiger partial charge in [-0.1, -0.05) is 13.8 Å². The number of aromatic nitrogens is 1. The highest BCUT2D eigenvalue weighted by molar-refractivity contribution is 5.86. The van der Waals surface area contributed by atoms with E-state index in [1.807, 2.05) is 55.9 Å². The minimum absolute atomic E-state index is 0.0523. The van der Waals surface area contributed by atoms with Crippen molar-refractivity contribution in [2.75, 3.05) is 6.54 Å². The van der Waals surface area contributed by atoms with Crippen LogP contribution in [0.15, 0.2) is 41.1 Å². The van der Waals surface area contributed by atoms with Gasteiger partial charge in [-0.3, -0.25) is 9.59 Å². The topological polar surface area (TPSA) is 58.7 Å². The first-order valence-corrected chi connectivity index (χ1v) is 9.16. The van der Waals surface area contributed by atoms with Crippen LogP contribution in [0.2, 0.25) is 0 Å². The van der Waals surface area contributed by atoms with E-state index in [-0.39, 0.29) is 30.3 Å². The van der Waals surface area contributed by atoms with Crippen molar-refractivity contribution in [3.05, 3.63) is 48.2 Å². The molecule has 0 unspecified atom stereocenters. The number of nitrogens with zero attached hydrogens (tertiary/aromatic N) is 3. The Bertz CT molecular complexity index is 744. The lowest BCUT2D eigenvalue weighted by atomic mass is 10.2. The molecule has 0 radical (unpaired) electrons. The van der Waals surface area contributed by atoms with Crippen LogP contribution < -0.4 is 0 Å². The Morgan fingerprint density at radius 2 is 2.00 bits per heavy atom. The van der Waals surface area contributed by atoms with Crippen LogP contribution >= 0.6 is 0 Å². The van der Waals surface area contributed by atoms with Crippen molar-refractivity contribution < 1.29 is 14.0 Å². The Hall–Kier alpha value is -2.50. The van der Waals surface area contributed by atoms with Crippen molar-refractivity contribution in [2.45, 2.75) is 45.8 Å². The third kappa shape index (κ3) is 4.36. The number of rotatable bonds is 8. The minimum atomic E-state index is -0.102. The Kier molecular flexibility index (Phi) is 5.49. The summed E-state index contributed by atoms with van der Waals surface area (Å²) in [6.07, 6.45) is 5.55. The molecule has 0 saturated heterocycles. The molecule has 0 N–H and O–H groups in total. The summed E-state index contributed by atoms with van der Waals surface area (Å²) in [6, 6.07) is 7.86. The molecule has 2 amide bonds. The Balaban J connectivity index is 1.74. The fraction of sp³-hybridized carbons (Fsp3) is 0.500. The lowest BCUT2D eigenvalue weighted by molar-refractivity contribution is -0.143. The fourth-order valence-electron chi connectivity index (χ4n) is 3.03. The number of hydrogen-bond acceptors (Lipinski definition) is 3. The second kappa shape index (κ2) is 7.81. The molecule has 0 bridgehead atoms. The van der Waals surface area contributed by atoms with Crippen LogP contribution in [0.4, 0.5) is 0 Å². The molecule has 1 fully saturated rings. The third-order valence-electron chi connectivity index (χ3n) is 4.75. The molecule has 2 aromatic heterocycles. The summed E-state index contributed by atoms with van der Waals surface area (Å²) >= 11 is 0. The van der Waals surface area contributed by atoms with Crippen molar-refractivity contribution in [2.24, 2.45) is 13.0 Å². The van der Waals surface area contributed by atoms with E-state index >= 15 is 0 Å². The Morgan fingerprint density at radius 3 is 2.54 bits per heavy atom. The second-order valence-electron chi connectivity index (χ2n) is 7.29. The molecular formula is C20H27N3O3. The highest BCUT2D eigenvalue weighted by Crippen LogP contribution is 2.28. The lowest BCUT2D eigenvalue weighted by Gasteiger charge is -2.28. The summed E-state index contributed by atoms with van der Waals surface area (Å²) in [5.41, 5.74) is 1.04. The summed E-state index contributed by atoms with van der Waals surface area (Å²) in [7, 11) is 1.96. The van der Waals surface area contributed by atoms with Crippen LogP contribution in [0.5, 0.6) is 0 Å². The van der Waals surface area contributed by atoms with Gasteiger partial charge in [-0.15, -0.1) is 0 Å². The average Bonchev–Trinajstić information content (AvgIpc) is 3.17. The maximum absolute atomic E-state index is 13.1. The maximum Gasteiger partial charge on any atom is 0.242 e. The van der Waals surface area contributed by atoms with Crippen LogP contribution in [-0.2, 0) is 29.7 Å². The van der Waals surface area contributed by atoms with Crippen molar-refractivity contribution in [1.29, 1.82) is 0 Å². The number of carbonyl (C=O) groups excluding carboxylic acids is 2. The van der Waals surface area contributed by atoms with E-state index in [2.05, 4.69) is 0 Å². The molecule has 26 heavy (non-hydrogen) atoms. The van der Waals surface area contributed by atoms with E-state index in [1.165, 1.54) is 0 Å². The number of hydrogen-bond donors (Lipinski definition) is 0. The predicted octanol–water partition coefficient (Wildman–Crippen LogP) is 2.79. The average molecular weight is 357 g/mol.